The molecule has 1 spiro atoms. The largest absolute Gasteiger partial charge is 0.448 e. The van der Waals surface area contributed by atoms with Crippen LogP contribution in [0.2, 0.25) is 0 Å². The van der Waals surface area contributed by atoms with Crippen LogP contribution < -0.4 is 14.8 Å². The Hall–Kier alpha value is -2.21. The highest BCUT2D eigenvalue weighted by atomic mass is 32.2. The molecule has 0 radical (unpaired) electrons. The lowest BCUT2D eigenvalue weighted by Crippen LogP contribution is -2.34. The van der Waals surface area contributed by atoms with Crippen molar-refractivity contribution in [2.75, 3.05) is 11.1 Å². The Bertz CT molecular complexity index is 803. The summed E-state index contributed by atoms with van der Waals surface area (Å²) in [5.41, 5.74) is 1.70. The zero-order chi connectivity index (χ0) is 18.0. The van der Waals surface area contributed by atoms with Crippen molar-refractivity contribution in [3.05, 3.63) is 53.8 Å². The smallest absolute Gasteiger partial charge is 0.251 e. The fourth-order valence-corrected chi connectivity index (χ4v) is 4.12. The van der Waals surface area contributed by atoms with Gasteiger partial charge in [0.15, 0.2) is 11.5 Å². The molecule has 0 unspecified atom stereocenters. The highest BCUT2D eigenvalue weighted by molar-refractivity contribution is 7.99. The number of carbonyl (C=O) groups excluding carboxylic acids is 1. The van der Waals surface area contributed by atoms with Crippen LogP contribution in [0.3, 0.4) is 0 Å². The van der Waals surface area contributed by atoms with Crippen LogP contribution in [-0.4, -0.2) is 17.4 Å². The number of benzene rings is 2. The lowest BCUT2D eigenvalue weighted by molar-refractivity contribution is -0.113. The molecule has 136 valence electrons. The minimum Gasteiger partial charge on any atom is -0.448 e. The summed E-state index contributed by atoms with van der Waals surface area (Å²) in [4.78, 5) is 12.1. The Morgan fingerprint density at radius 2 is 1.81 bits per heavy atom. The summed E-state index contributed by atoms with van der Waals surface area (Å²) in [7, 11) is 0. The van der Waals surface area contributed by atoms with Gasteiger partial charge in [0.1, 0.15) is 5.82 Å². The second-order valence-corrected chi connectivity index (χ2v) is 7.64. The maximum atomic E-state index is 12.9. The predicted octanol–water partition coefficient (Wildman–Crippen LogP) is 4.74. The number of halogens is 1. The number of rotatable bonds is 5. The van der Waals surface area contributed by atoms with Crippen molar-refractivity contribution < 1.29 is 18.7 Å². The molecule has 26 heavy (non-hydrogen) atoms. The first kappa shape index (κ1) is 17.2. The molecule has 1 aliphatic heterocycles. The average molecular weight is 373 g/mol. The third-order valence-electron chi connectivity index (χ3n) is 4.60. The van der Waals surface area contributed by atoms with Crippen molar-refractivity contribution in [1.29, 1.82) is 0 Å². The Kier molecular flexibility index (Phi) is 4.76. The van der Waals surface area contributed by atoms with Crippen molar-refractivity contribution in [2.45, 2.75) is 37.2 Å². The fraction of sp³-hybridized carbons (Fsp3) is 0.350. The van der Waals surface area contributed by atoms with Crippen LogP contribution in [-0.2, 0) is 10.5 Å². The minimum atomic E-state index is -0.490. The number of nitrogens with one attached hydrogen (secondary N) is 1. The molecule has 4 nitrogen and oxygen atoms in total. The molecule has 1 saturated carbocycles. The molecule has 1 N–H and O–H groups in total. The summed E-state index contributed by atoms with van der Waals surface area (Å²) in [5, 5.41) is 2.89. The van der Waals surface area contributed by atoms with Gasteiger partial charge >= 0.3 is 0 Å². The van der Waals surface area contributed by atoms with E-state index in [1.807, 2.05) is 18.2 Å². The maximum absolute atomic E-state index is 12.9. The molecule has 0 atom stereocenters. The highest BCUT2D eigenvalue weighted by Gasteiger charge is 2.44. The van der Waals surface area contributed by atoms with E-state index in [9.17, 15) is 9.18 Å². The Morgan fingerprint density at radius 1 is 1.08 bits per heavy atom. The van der Waals surface area contributed by atoms with Crippen molar-refractivity contribution in [2.24, 2.45) is 0 Å². The number of hydrogen-bond donors (Lipinski definition) is 1. The van der Waals surface area contributed by atoms with Crippen LogP contribution in [0.5, 0.6) is 11.5 Å². The van der Waals surface area contributed by atoms with Crippen molar-refractivity contribution in [3.8, 4) is 11.5 Å². The third-order valence-corrected chi connectivity index (χ3v) is 5.60. The monoisotopic (exact) mass is 373 g/mol. The lowest BCUT2D eigenvalue weighted by atomic mass is 10.2. The summed E-state index contributed by atoms with van der Waals surface area (Å²) >= 11 is 1.49. The maximum Gasteiger partial charge on any atom is 0.251 e. The first-order chi connectivity index (χ1) is 12.6. The quantitative estimate of drug-likeness (QED) is 0.822. The van der Waals surface area contributed by atoms with Crippen molar-refractivity contribution in [1.82, 2.24) is 0 Å². The van der Waals surface area contributed by atoms with E-state index in [1.54, 1.807) is 12.1 Å². The van der Waals surface area contributed by atoms with E-state index in [0.717, 1.165) is 37.0 Å². The number of carbonyl (C=O) groups is 1. The van der Waals surface area contributed by atoms with Gasteiger partial charge in [0.05, 0.1) is 5.75 Å². The Labute approximate surface area is 156 Å². The predicted molar refractivity (Wildman–Crippen MR) is 100 cm³/mol. The summed E-state index contributed by atoms with van der Waals surface area (Å²) in [6.07, 6.45) is 4.04. The molecular weight excluding hydrogens is 353 g/mol. The number of thioether (sulfide) groups is 1. The molecule has 2 aromatic rings. The number of anilines is 1. The third kappa shape index (κ3) is 3.80. The topological polar surface area (TPSA) is 47.6 Å². The van der Waals surface area contributed by atoms with Gasteiger partial charge < -0.3 is 14.8 Å². The molecule has 6 heteroatoms. The van der Waals surface area contributed by atoms with Gasteiger partial charge in [-0.3, -0.25) is 4.79 Å². The van der Waals surface area contributed by atoms with Crippen LogP contribution in [0.4, 0.5) is 10.1 Å². The van der Waals surface area contributed by atoms with Crippen molar-refractivity contribution >= 4 is 23.4 Å². The average Bonchev–Trinajstić information content (AvgIpc) is 3.22. The molecule has 0 aromatic heterocycles. The molecule has 2 aromatic carbocycles. The van der Waals surface area contributed by atoms with Crippen LogP contribution in [0, 0.1) is 5.82 Å². The molecule has 1 heterocycles. The van der Waals surface area contributed by atoms with Gasteiger partial charge in [0.25, 0.3) is 5.79 Å². The first-order valence-corrected chi connectivity index (χ1v) is 9.92. The zero-order valence-electron chi connectivity index (χ0n) is 14.3. The van der Waals surface area contributed by atoms with Gasteiger partial charge in [-0.05, 0) is 42.7 Å². The number of amides is 1. The highest BCUT2D eigenvalue weighted by Crippen LogP contribution is 2.47. The zero-order valence-corrected chi connectivity index (χ0v) is 15.1. The van der Waals surface area contributed by atoms with Crippen LogP contribution >= 0.6 is 11.8 Å². The molecule has 4 rings (SSSR count). The van der Waals surface area contributed by atoms with Gasteiger partial charge in [0.2, 0.25) is 5.91 Å². The second-order valence-electron chi connectivity index (χ2n) is 6.65. The summed E-state index contributed by atoms with van der Waals surface area (Å²) in [6, 6.07) is 11.8. The van der Waals surface area contributed by atoms with Crippen LogP contribution in [0.25, 0.3) is 0 Å². The van der Waals surface area contributed by atoms with Crippen molar-refractivity contribution in [3.63, 3.8) is 0 Å². The molecule has 0 bridgehead atoms. The number of hydrogen-bond acceptors (Lipinski definition) is 4. The standard InChI is InChI=1S/C20H20FNO3S/c21-15-5-3-14(4-6-15)12-26-13-19(23)22-16-7-8-17-18(11-16)25-20(24-17)9-1-2-10-20/h3-8,11H,1-2,9-10,12-13H2,(H,22,23). The van der Waals surface area contributed by atoms with Gasteiger partial charge in [-0.1, -0.05) is 12.1 Å². The van der Waals surface area contributed by atoms with Gasteiger partial charge in [-0.2, -0.15) is 0 Å². The lowest BCUT2D eigenvalue weighted by Gasteiger charge is -2.21. The fourth-order valence-electron chi connectivity index (χ4n) is 3.33. The Balaban J connectivity index is 1.29. The minimum absolute atomic E-state index is 0.0773. The molecule has 0 saturated heterocycles. The van der Waals surface area contributed by atoms with E-state index < -0.39 is 5.79 Å². The second kappa shape index (κ2) is 7.19. The molecule has 1 fully saturated rings. The molecule has 1 amide bonds. The van der Waals surface area contributed by atoms with Gasteiger partial charge in [0, 0.05) is 30.3 Å². The Morgan fingerprint density at radius 3 is 2.58 bits per heavy atom. The van der Waals surface area contributed by atoms with E-state index in [4.69, 9.17) is 9.47 Å². The van der Waals surface area contributed by atoms with Crippen LogP contribution in [0.15, 0.2) is 42.5 Å². The molecular formula is C20H20FNO3S. The number of fused-ring (bicyclic) bond motifs is 1. The van der Waals surface area contributed by atoms with Gasteiger partial charge in [-0.15, -0.1) is 11.8 Å². The normalized spacial score (nSPS) is 16.8. The van der Waals surface area contributed by atoms with Gasteiger partial charge in [-0.25, -0.2) is 4.39 Å². The van der Waals surface area contributed by atoms with E-state index in [-0.39, 0.29) is 11.7 Å². The van der Waals surface area contributed by atoms with Crippen LogP contribution in [0.1, 0.15) is 31.2 Å². The summed E-state index contributed by atoms with van der Waals surface area (Å²) < 4.78 is 24.9. The SMILES string of the molecule is O=C(CSCc1ccc(F)cc1)Nc1ccc2c(c1)OC1(CCCC1)O2. The summed E-state index contributed by atoms with van der Waals surface area (Å²) in [6.45, 7) is 0. The summed E-state index contributed by atoms with van der Waals surface area (Å²) in [5.74, 6) is 1.62. The van der Waals surface area contributed by atoms with E-state index >= 15 is 0 Å². The molecule has 1 aliphatic carbocycles. The molecule has 2 aliphatic rings. The number of ether oxygens (including phenoxy) is 2. The van der Waals surface area contributed by atoms with E-state index in [1.165, 1.54) is 23.9 Å². The van der Waals surface area contributed by atoms with E-state index in [0.29, 0.717) is 22.9 Å². The first-order valence-electron chi connectivity index (χ1n) is 8.76. The van der Waals surface area contributed by atoms with E-state index in [2.05, 4.69) is 5.32 Å².